The molecule has 7 heteroatoms. The number of rotatable bonds is 5. The fourth-order valence-electron chi connectivity index (χ4n) is 2.34. The Morgan fingerprint density at radius 3 is 2.50 bits per heavy atom. The van der Waals surface area contributed by atoms with Crippen molar-refractivity contribution in [2.45, 2.75) is 20.0 Å². The second kappa shape index (κ2) is 7.18. The Morgan fingerprint density at radius 2 is 1.85 bits per heavy atom. The Hall–Kier alpha value is -3.48. The van der Waals surface area contributed by atoms with Gasteiger partial charge in [0.25, 0.3) is 5.91 Å². The quantitative estimate of drug-likeness (QED) is 0.564. The summed E-state index contributed by atoms with van der Waals surface area (Å²) in [5.74, 6) is -1.21. The summed E-state index contributed by atoms with van der Waals surface area (Å²) in [6.45, 7) is 2.95. The van der Waals surface area contributed by atoms with Crippen molar-refractivity contribution in [3.8, 4) is 0 Å². The summed E-state index contributed by atoms with van der Waals surface area (Å²) in [5, 5.41) is 2.64. The normalized spacial score (nSPS) is 11.8. The molecule has 0 aliphatic heterocycles. The van der Waals surface area contributed by atoms with Crippen molar-refractivity contribution in [1.82, 2.24) is 9.38 Å². The van der Waals surface area contributed by atoms with E-state index in [1.165, 1.54) is 13.8 Å². The number of aromatic nitrogens is 2. The van der Waals surface area contributed by atoms with Gasteiger partial charge in [0.15, 0.2) is 17.6 Å². The fourth-order valence-corrected chi connectivity index (χ4v) is 2.34. The Labute approximate surface area is 149 Å². The van der Waals surface area contributed by atoms with Crippen molar-refractivity contribution in [1.29, 1.82) is 0 Å². The van der Waals surface area contributed by atoms with Crippen LogP contribution in [0.1, 0.15) is 34.7 Å². The predicted octanol–water partition coefficient (Wildman–Crippen LogP) is 2.72. The number of carbonyl (C=O) groups is 3. The number of Topliss-reactive ketones (excluding diaryl/α,β-unsaturated/α-hetero) is 1. The number of ketones is 1. The zero-order valence-corrected chi connectivity index (χ0v) is 14.3. The number of fused-ring (bicyclic) bond motifs is 1. The number of ether oxygens (including phenoxy) is 1. The van der Waals surface area contributed by atoms with Crippen LogP contribution in [0.3, 0.4) is 0 Å². The molecule has 26 heavy (non-hydrogen) atoms. The highest BCUT2D eigenvalue weighted by molar-refractivity contribution is 5.98. The number of pyridine rings is 1. The van der Waals surface area contributed by atoms with Gasteiger partial charge in [-0.2, -0.15) is 0 Å². The molecule has 2 aromatic heterocycles. The topological polar surface area (TPSA) is 89.8 Å². The van der Waals surface area contributed by atoms with Crippen LogP contribution in [-0.2, 0) is 9.53 Å². The Morgan fingerprint density at radius 1 is 1.12 bits per heavy atom. The van der Waals surface area contributed by atoms with Gasteiger partial charge >= 0.3 is 5.97 Å². The number of amides is 1. The molecular formula is C19H17N3O4. The highest BCUT2D eigenvalue weighted by Gasteiger charge is 2.21. The first kappa shape index (κ1) is 17.3. The minimum Gasteiger partial charge on any atom is -0.448 e. The molecule has 0 bridgehead atoms. The van der Waals surface area contributed by atoms with Crippen LogP contribution in [0.15, 0.2) is 54.9 Å². The number of hydrogen-bond acceptors (Lipinski definition) is 5. The summed E-state index contributed by atoms with van der Waals surface area (Å²) >= 11 is 0. The van der Waals surface area contributed by atoms with Crippen LogP contribution in [0.25, 0.3) is 5.65 Å². The number of carbonyl (C=O) groups excluding carboxylic acids is 3. The third-order valence-corrected chi connectivity index (χ3v) is 3.79. The van der Waals surface area contributed by atoms with Gasteiger partial charge in [-0.25, -0.2) is 9.78 Å². The Kier molecular flexibility index (Phi) is 4.79. The van der Waals surface area contributed by atoms with Crippen LogP contribution in [-0.4, -0.2) is 33.1 Å². The molecule has 3 rings (SSSR count). The average Bonchev–Trinajstić information content (AvgIpc) is 3.06. The molecule has 3 aromatic rings. The molecule has 1 amide bonds. The van der Waals surface area contributed by atoms with Crippen molar-refractivity contribution >= 4 is 29.0 Å². The van der Waals surface area contributed by atoms with Gasteiger partial charge in [0.1, 0.15) is 5.65 Å². The molecular weight excluding hydrogens is 334 g/mol. The van der Waals surface area contributed by atoms with Gasteiger partial charge in [-0.15, -0.1) is 0 Å². The molecule has 0 aliphatic rings. The van der Waals surface area contributed by atoms with Crippen LogP contribution < -0.4 is 5.32 Å². The zero-order valence-electron chi connectivity index (χ0n) is 14.3. The number of benzene rings is 1. The lowest BCUT2D eigenvalue weighted by Crippen LogP contribution is -2.30. The molecule has 0 saturated heterocycles. The maximum Gasteiger partial charge on any atom is 0.359 e. The van der Waals surface area contributed by atoms with Gasteiger partial charge in [-0.3, -0.25) is 9.59 Å². The standard InChI is InChI=1S/C19H17N3O4/c1-12(23)14-6-8-15(9-7-14)20-18(24)13(2)26-19(25)16-11-22-10-4-3-5-17(22)21-16/h3-11,13H,1-2H3,(H,20,24)/t13-/m0/s1. The van der Waals surface area contributed by atoms with Crippen molar-refractivity contribution in [2.24, 2.45) is 0 Å². The number of nitrogens with zero attached hydrogens (tertiary/aromatic N) is 2. The van der Waals surface area contributed by atoms with E-state index in [1.807, 2.05) is 12.1 Å². The van der Waals surface area contributed by atoms with E-state index in [0.29, 0.717) is 16.9 Å². The van der Waals surface area contributed by atoms with Gasteiger partial charge in [-0.1, -0.05) is 6.07 Å². The molecule has 132 valence electrons. The molecule has 0 saturated carbocycles. The third kappa shape index (κ3) is 3.77. The molecule has 0 fully saturated rings. The van der Waals surface area contributed by atoms with Crippen molar-refractivity contribution in [2.75, 3.05) is 5.32 Å². The van der Waals surface area contributed by atoms with Gasteiger partial charge < -0.3 is 14.5 Å². The summed E-state index contributed by atoms with van der Waals surface area (Å²) < 4.78 is 6.87. The molecule has 1 aromatic carbocycles. The van der Waals surface area contributed by atoms with Crippen molar-refractivity contribution in [3.05, 3.63) is 66.1 Å². The minimum absolute atomic E-state index is 0.0578. The van der Waals surface area contributed by atoms with Gasteiger partial charge in [0.05, 0.1) is 0 Å². The van der Waals surface area contributed by atoms with E-state index in [0.717, 1.165) is 0 Å². The molecule has 2 heterocycles. The Balaban J connectivity index is 1.62. The van der Waals surface area contributed by atoms with E-state index >= 15 is 0 Å². The van der Waals surface area contributed by atoms with Crippen LogP contribution >= 0.6 is 0 Å². The van der Waals surface area contributed by atoms with E-state index in [-0.39, 0.29) is 11.5 Å². The van der Waals surface area contributed by atoms with Crippen LogP contribution in [0.4, 0.5) is 5.69 Å². The predicted molar refractivity (Wildman–Crippen MR) is 95.1 cm³/mol. The summed E-state index contributed by atoms with van der Waals surface area (Å²) in [6, 6.07) is 11.9. The average molecular weight is 351 g/mol. The van der Waals surface area contributed by atoms with Crippen LogP contribution in [0, 0.1) is 0 Å². The first-order valence-electron chi connectivity index (χ1n) is 8.00. The molecule has 0 unspecified atom stereocenters. The highest BCUT2D eigenvalue weighted by Crippen LogP contribution is 2.12. The maximum atomic E-state index is 12.2. The highest BCUT2D eigenvalue weighted by atomic mass is 16.5. The van der Waals surface area contributed by atoms with Crippen molar-refractivity contribution in [3.63, 3.8) is 0 Å². The zero-order chi connectivity index (χ0) is 18.7. The van der Waals surface area contributed by atoms with Crippen LogP contribution in [0.5, 0.6) is 0 Å². The smallest absolute Gasteiger partial charge is 0.359 e. The molecule has 0 aliphatic carbocycles. The lowest BCUT2D eigenvalue weighted by Gasteiger charge is -2.13. The van der Waals surface area contributed by atoms with E-state index in [1.54, 1.807) is 47.1 Å². The van der Waals surface area contributed by atoms with Gasteiger partial charge in [-0.05, 0) is 50.2 Å². The summed E-state index contributed by atoms with van der Waals surface area (Å²) in [4.78, 5) is 39.8. The van der Waals surface area contributed by atoms with Gasteiger partial charge in [0, 0.05) is 23.6 Å². The largest absolute Gasteiger partial charge is 0.448 e. The minimum atomic E-state index is -1.00. The van der Waals surface area contributed by atoms with Crippen molar-refractivity contribution < 1.29 is 19.1 Å². The second-order valence-electron chi connectivity index (χ2n) is 5.76. The molecule has 1 atom stereocenters. The summed E-state index contributed by atoms with van der Waals surface area (Å²) in [7, 11) is 0. The Bertz CT molecular complexity index is 943. The SMILES string of the molecule is CC(=O)c1ccc(NC(=O)[C@H](C)OC(=O)c2cn3ccccc3n2)cc1. The van der Waals surface area contributed by atoms with E-state index in [4.69, 9.17) is 4.74 Å². The number of esters is 1. The number of anilines is 1. The third-order valence-electron chi connectivity index (χ3n) is 3.79. The lowest BCUT2D eigenvalue weighted by atomic mass is 10.1. The summed E-state index contributed by atoms with van der Waals surface area (Å²) in [6.07, 6.45) is 2.31. The number of nitrogens with one attached hydrogen (secondary N) is 1. The molecule has 1 N–H and O–H groups in total. The first-order chi connectivity index (χ1) is 12.4. The second-order valence-corrected chi connectivity index (χ2v) is 5.76. The monoisotopic (exact) mass is 351 g/mol. The van der Waals surface area contributed by atoms with E-state index in [9.17, 15) is 14.4 Å². The molecule has 0 radical (unpaired) electrons. The fraction of sp³-hybridized carbons (Fsp3) is 0.158. The molecule has 7 nitrogen and oxygen atoms in total. The number of imidazole rings is 1. The first-order valence-corrected chi connectivity index (χ1v) is 8.00. The maximum absolute atomic E-state index is 12.2. The van der Waals surface area contributed by atoms with Crippen LogP contribution in [0.2, 0.25) is 0 Å². The molecule has 0 spiro atoms. The van der Waals surface area contributed by atoms with E-state index in [2.05, 4.69) is 10.3 Å². The number of hydrogen-bond donors (Lipinski definition) is 1. The van der Waals surface area contributed by atoms with E-state index < -0.39 is 18.0 Å². The van der Waals surface area contributed by atoms with Gasteiger partial charge in [0.2, 0.25) is 0 Å². The lowest BCUT2D eigenvalue weighted by molar-refractivity contribution is -0.123. The summed E-state index contributed by atoms with van der Waals surface area (Å²) in [5.41, 5.74) is 1.80.